The molecule has 0 aliphatic heterocycles. The number of esters is 1. The zero-order valence-electron chi connectivity index (χ0n) is 10.7. The molecular weight excluding hydrogens is 256 g/mol. The monoisotopic (exact) mass is 268 g/mol. The van der Waals surface area contributed by atoms with Crippen LogP contribution in [-0.2, 0) is 9.53 Å². The topological polar surface area (TPSA) is 61.3 Å². The Morgan fingerprint density at radius 2 is 1.75 bits per heavy atom. The number of pyridine rings is 2. The fourth-order valence-corrected chi connectivity index (χ4v) is 1.35. The van der Waals surface area contributed by atoms with Crippen molar-refractivity contribution in [3.63, 3.8) is 0 Å². The number of rotatable bonds is 5. The SMILES string of the molecule is C=C(OC(=C)c1cccnc1)C(=O)Oc1cccnc1. The van der Waals surface area contributed by atoms with Gasteiger partial charge in [0.05, 0.1) is 6.20 Å². The van der Waals surface area contributed by atoms with Crippen LogP contribution in [0.25, 0.3) is 5.76 Å². The van der Waals surface area contributed by atoms with Gasteiger partial charge in [-0.2, -0.15) is 0 Å². The molecule has 0 saturated carbocycles. The van der Waals surface area contributed by atoms with Crippen molar-refractivity contribution in [1.29, 1.82) is 0 Å². The third-order valence-electron chi connectivity index (χ3n) is 2.30. The number of hydrogen-bond acceptors (Lipinski definition) is 5. The lowest BCUT2D eigenvalue weighted by molar-refractivity contribution is -0.132. The molecule has 0 saturated heterocycles. The summed E-state index contributed by atoms with van der Waals surface area (Å²) in [4.78, 5) is 19.5. The van der Waals surface area contributed by atoms with E-state index < -0.39 is 5.97 Å². The summed E-state index contributed by atoms with van der Waals surface area (Å²) >= 11 is 0. The molecule has 0 atom stereocenters. The minimum absolute atomic E-state index is 0.164. The van der Waals surface area contributed by atoms with Crippen molar-refractivity contribution in [2.75, 3.05) is 0 Å². The maximum atomic E-state index is 11.7. The van der Waals surface area contributed by atoms with Crippen molar-refractivity contribution in [3.8, 4) is 5.75 Å². The highest BCUT2D eigenvalue weighted by Crippen LogP contribution is 2.17. The molecule has 0 fully saturated rings. The number of hydrogen-bond donors (Lipinski definition) is 0. The van der Waals surface area contributed by atoms with Crippen LogP contribution >= 0.6 is 0 Å². The molecule has 2 heterocycles. The van der Waals surface area contributed by atoms with Crippen molar-refractivity contribution in [3.05, 3.63) is 73.5 Å². The van der Waals surface area contributed by atoms with Crippen LogP contribution in [0.4, 0.5) is 0 Å². The van der Waals surface area contributed by atoms with E-state index in [-0.39, 0.29) is 11.5 Å². The van der Waals surface area contributed by atoms with Gasteiger partial charge < -0.3 is 9.47 Å². The molecule has 0 aromatic carbocycles. The first-order chi connectivity index (χ1) is 9.66. The van der Waals surface area contributed by atoms with Crippen LogP contribution in [0.5, 0.6) is 5.75 Å². The Hall–Kier alpha value is -2.95. The van der Waals surface area contributed by atoms with Gasteiger partial charge in [0, 0.05) is 24.2 Å². The first-order valence-electron chi connectivity index (χ1n) is 5.75. The minimum Gasteiger partial charge on any atom is -0.450 e. The third kappa shape index (κ3) is 3.52. The van der Waals surface area contributed by atoms with Crippen LogP contribution in [-0.4, -0.2) is 15.9 Å². The summed E-state index contributed by atoms with van der Waals surface area (Å²) in [6.45, 7) is 7.23. The molecule has 2 aromatic rings. The Morgan fingerprint density at radius 3 is 2.35 bits per heavy atom. The fourth-order valence-electron chi connectivity index (χ4n) is 1.35. The van der Waals surface area contributed by atoms with Crippen LogP contribution in [0.1, 0.15) is 5.56 Å². The number of carbonyl (C=O) groups excluding carboxylic acids is 1. The number of ether oxygens (including phenoxy) is 2. The smallest absolute Gasteiger partial charge is 0.379 e. The highest BCUT2D eigenvalue weighted by molar-refractivity contribution is 5.88. The van der Waals surface area contributed by atoms with Gasteiger partial charge in [-0.25, -0.2) is 4.79 Å². The lowest BCUT2D eigenvalue weighted by atomic mass is 10.2. The summed E-state index contributed by atoms with van der Waals surface area (Å²) in [6.07, 6.45) is 6.19. The number of nitrogens with zero attached hydrogens (tertiary/aromatic N) is 2. The van der Waals surface area contributed by atoms with Crippen molar-refractivity contribution < 1.29 is 14.3 Å². The van der Waals surface area contributed by atoms with Gasteiger partial charge in [0.2, 0.25) is 5.76 Å². The normalized spacial score (nSPS) is 9.60. The summed E-state index contributed by atoms with van der Waals surface area (Å²) in [5, 5.41) is 0. The predicted octanol–water partition coefficient (Wildman–Crippen LogP) is 2.58. The molecule has 5 nitrogen and oxygen atoms in total. The molecule has 0 bridgehead atoms. The van der Waals surface area contributed by atoms with Gasteiger partial charge in [-0.15, -0.1) is 0 Å². The van der Waals surface area contributed by atoms with E-state index >= 15 is 0 Å². The third-order valence-corrected chi connectivity index (χ3v) is 2.30. The van der Waals surface area contributed by atoms with E-state index in [0.29, 0.717) is 11.3 Å². The van der Waals surface area contributed by atoms with Gasteiger partial charge in [-0.1, -0.05) is 6.58 Å². The van der Waals surface area contributed by atoms with Crippen molar-refractivity contribution in [1.82, 2.24) is 9.97 Å². The maximum Gasteiger partial charge on any atom is 0.379 e. The van der Waals surface area contributed by atoms with Crippen LogP contribution in [0.15, 0.2) is 68.0 Å². The van der Waals surface area contributed by atoms with Gasteiger partial charge in [0.1, 0.15) is 11.5 Å². The van der Waals surface area contributed by atoms with Gasteiger partial charge in [-0.05, 0) is 30.8 Å². The first-order valence-corrected chi connectivity index (χ1v) is 5.75. The maximum absolute atomic E-state index is 11.7. The number of carbonyl (C=O) groups is 1. The Kier molecular flexibility index (Phi) is 4.24. The minimum atomic E-state index is -0.706. The summed E-state index contributed by atoms with van der Waals surface area (Å²) in [7, 11) is 0. The molecule has 0 spiro atoms. The van der Waals surface area contributed by atoms with E-state index in [1.807, 2.05) is 0 Å². The van der Waals surface area contributed by atoms with Gasteiger partial charge >= 0.3 is 5.97 Å². The van der Waals surface area contributed by atoms with E-state index in [1.54, 1.807) is 42.9 Å². The van der Waals surface area contributed by atoms with Crippen LogP contribution < -0.4 is 4.74 Å². The summed E-state index contributed by atoms with van der Waals surface area (Å²) < 4.78 is 10.3. The lowest BCUT2D eigenvalue weighted by Crippen LogP contribution is -2.12. The number of aromatic nitrogens is 2. The zero-order chi connectivity index (χ0) is 14.4. The zero-order valence-corrected chi connectivity index (χ0v) is 10.7. The molecule has 0 aliphatic rings. The average molecular weight is 268 g/mol. The highest BCUT2D eigenvalue weighted by atomic mass is 16.6. The van der Waals surface area contributed by atoms with Crippen molar-refractivity contribution >= 4 is 11.7 Å². The van der Waals surface area contributed by atoms with E-state index in [2.05, 4.69) is 23.1 Å². The molecular formula is C15H12N2O3. The highest BCUT2D eigenvalue weighted by Gasteiger charge is 2.13. The quantitative estimate of drug-likeness (QED) is 0.474. The predicted molar refractivity (Wildman–Crippen MR) is 73.4 cm³/mol. The van der Waals surface area contributed by atoms with Crippen molar-refractivity contribution in [2.24, 2.45) is 0 Å². The Labute approximate surface area is 116 Å². The van der Waals surface area contributed by atoms with Gasteiger partial charge in [0.25, 0.3) is 0 Å². The first kappa shape index (κ1) is 13.5. The van der Waals surface area contributed by atoms with Crippen LogP contribution in [0.3, 0.4) is 0 Å². The Balaban J connectivity index is 1.95. The molecule has 0 N–H and O–H groups in total. The lowest BCUT2D eigenvalue weighted by Gasteiger charge is -2.10. The molecule has 0 radical (unpaired) electrons. The van der Waals surface area contributed by atoms with E-state index in [4.69, 9.17) is 9.47 Å². The Morgan fingerprint density at radius 1 is 1.05 bits per heavy atom. The second-order valence-corrected chi connectivity index (χ2v) is 3.77. The van der Waals surface area contributed by atoms with Gasteiger partial charge in [-0.3, -0.25) is 9.97 Å². The molecule has 2 rings (SSSR count). The largest absolute Gasteiger partial charge is 0.450 e. The standard InChI is InChI=1S/C15H12N2O3/c1-11(13-5-3-7-16-9-13)19-12(2)15(18)20-14-6-4-8-17-10-14/h3-10H,1-2H2. The van der Waals surface area contributed by atoms with Crippen LogP contribution in [0.2, 0.25) is 0 Å². The van der Waals surface area contributed by atoms with Crippen LogP contribution in [0, 0.1) is 0 Å². The van der Waals surface area contributed by atoms with E-state index in [9.17, 15) is 4.79 Å². The van der Waals surface area contributed by atoms with E-state index in [0.717, 1.165) is 0 Å². The molecule has 0 amide bonds. The average Bonchev–Trinajstić information content (AvgIpc) is 2.49. The Bertz CT molecular complexity index is 624. The summed E-state index contributed by atoms with van der Waals surface area (Å²) in [6, 6.07) is 6.75. The van der Waals surface area contributed by atoms with E-state index in [1.165, 1.54) is 6.20 Å². The molecule has 100 valence electrons. The van der Waals surface area contributed by atoms with Crippen molar-refractivity contribution in [2.45, 2.75) is 0 Å². The molecule has 20 heavy (non-hydrogen) atoms. The second kappa shape index (κ2) is 6.29. The fraction of sp³-hybridized carbons (Fsp3) is 0. The summed E-state index contributed by atoms with van der Waals surface area (Å²) in [5.74, 6) is -0.286. The summed E-state index contributed by atoms with van der Waals surface area (Å²) in [5.41, 5.74) is 0.655. The van der Waals surface area contributed by atoms with Gasteiger partial charge in [0.15, 0.2) is 0 Å². The molecule has 5 heteroatoms. The molecule has 0 unspecified atom stereocenters. The molecule has 0 aliphatic carbocycles. The second-order valence-electron chi connectivity index (χ2n) is 3.77. The molecule has 2 aromatic heterocycles.